The average Bonchev–Trinajstić information content (AvgIpc) is 2.97. The number of rotatable bonds is 3. The van der Waals surface area contributed by atoms with E-state index in [0.717, 1.165) is 32.0 Å². The van der Waals surface area contributed by atoms with Crippen LogP contribution < -0.4 is 10.2 Å². The van der Waals surface area contributed by atoms with Crippen molar-refractivity contribution < 1.29 is 9.63 Å². The van der Waals surface area contributed by atoms with Crippen LogP contribution in [-0.2, 0) is 0 Å². The number of anilines is 1. The van der Waals surface area contributed by atoms with Gasteiger partial charge in [-0.25, -0.2) is 0 Å². The van der Waals surface area contributed by atoms with Crippen molar-refractivity contribution in [3.8, 4) is 0 Å². The number of aliphatic hydroxyl groups is 1. The minimum absolute atomic E-state index is 0.431. The van der Waals surface area contributed by atoms with Gasteiger partial charge in [-0.3, -0.25) is 0 Å². The third kappa shape index (κ3) is 2.80. The van der Waals surface area contributed by atoms with Crippen LogP contribution in [0.5, 0.6) is 0 Å². The summed E-state index contributed by atoms with van der Waals surface area (Å²) in [7, 11) is 0. The molecule has 106 valence electrons. The zero-order chi connectivity index (χ0) is 13.9. The highest BCUT2D eigenvalue weighted by atomic mass is 35.5. The van der Waals surface area contributed by atoms with Gasteiger partial charge in [0.05, 0.1) is 0 Å². The summed E-state index contributed by atoms with van der Waals surface area (Å²) in [6.45, 7) is 3.64. The van der Waals surface area contributed by atoms with E-state index in [4.69, 9.17) is 16.1 Å². The number of aliphatic hydroxyl groups excluding tert-OH is 1. The minimum atomic E-state index is -0.849. The first kappa shape index (κ1) is 13.4. The van der Waals surface area contributed by atoms with Crippen LogP contribution in [0.3, 0.4) is 0 Å². The van der Waals surface area contributed by atoms with Crippen molar-refractivity contribution in [3.05, 3.63) is 46.7 Å². The topological polar surface area (TPSA) is 61.5 Å². The largest absolute Gasteiger partial charge is 0.380 e. The summed E-state index contributed by atoms with van der Waals surface area (Å²) in [5.74, 6) is 1.20. The lowest BCUT2D eigenvalue weighted by Gasteiger charge is -2.26. The molecule has 0 aliphatic carbocycles. The van der Waals surface area contributed by atoms with Gasteiger partial charge in [0.2, 0.25) is 0 Å². The fraction of sp³-hybridized carbons (Fsp3) is 0.357. The summed E-state index contributed by atoms with van der Waals surface area (Å²) in [6.07, 6.45) is -0.849. The molecule has 0 saturated carbocycles. The van der Waals surface area contributed by atoms with Crippen molar-refractivity contribution in [2.24, 2.45) is 0 Å². The number of nitrogens with zero attached hydrogens (tertiary/aromatic N) is 2. The van der Waals surface area contributed by atoms with Crippen LogP contribution in [-0.4, -0.2) is 36.4 Å². The van der Waals surface area contributed by atoms with Gasteiger partial charge in [-0.2, -0.15) is 0 Å². The molecule has 1 aliphatic heterocycles. The van der Waals surface area contributed by atoms with E-state index in [-0.39, 0.29) is 0 Å². The molecular formula is C14H16ClN3O2. The third-order valence-corrected chi connectivity index (χ3v) is 3.63. The molecule has 1 fully saturated rings. The Morgan fingerprint density at radius 3 is 2.85 bits per heavy atom. The molecule has 1 saturated heterocycles. The second-order valence-electron chi connectivity index (χ2n) is 4.78. The Hall–Kier alpha value is -1.56. The lowest BCUT2D eigenvalue weighted by Crippen LogP contribution is -2.43. The van der Waals surface area contributed by atoms with Crippen LogP contribution in [0, 0.1) is 0 Å². The molecule has 0 radical (unpaired) electrons. The van der Waals surface area contributed by atoms with Gasteiger partial charge in [-0.15, -0.1) is 0 Å². The van der Waals surface area contributed by atoms with Crippen molar-refractivity contribution in [1.29, 1.82) is 0 Å². The highest BCUT2D eigenvalue weighted by Crippen LogP contribution is 2.27. The minimum Gasteiger partial charge on any atom is -0.380 e. The van der Waals surface area contributed by atoms with E-state index in [1.807, 2.05) is 6.07 Å². The van der Waals surface area contributed by atoms with E-state index >= 15 is 0 Å². The molecule has 0 spiro atoms. The van der Waals surface area contributed by atoms with E-state index in [9.17, 15) is 5.11 Å². The number of piperazine rings is 1. The number of benzene rings is 1. The van der Waals surface area contributed by atoms with Crippen LogP contribution in [0.25, 0.3) is 0 Å². The fourth-order valence-corrected chi connectivity index (χ4v) is 2.49. The number of hydrogen-bond acceptors (Lipinski definition) is 5. The van der Waals surface area contributed by atoms with Gasteiger partial charge in [0, 0.05) is 37.3 Å². The van der Waals surface area contributed by atoms with Crippen LogP contribution in [0.4, 0.5) is 5.82 Å². The van der Waals surface area contributed by atoms with E-state index in [1.165, 1.54) is 0 Å². The van der Waals surface area contributed by atoms with E-state index in [0.29, 0.717) is 16.3 Å². The van der Waals surface area contributed by atoms with E-state index < -0.39 is 6.10 Å². The second-order valence-corrected chi connectivity index (χ2v) is 5.22. The summed E-state index contributed by atoms with van der Waals surface area (Å²) in [4.78, 5) is 2.13. The Bertz CT molecular complexity index is 581. The predicted molar refractivity (Wildman–Crippen MR) is 77.1 cm³/mol. The molecule has 5 nitrogen and oxygen atoms in total. The Balaban J connectivity index is 1.78. The van der Waals surface area contributed by atoms with Crippen LogP contribution >= 0.6 is 11.6 Å². The molecule has 20 heavy (non-hydrogen) atoms. The lowest BCUT2D eigenvalue weighted by molar-refractivity contribution is 0.176. The molecule has 3 rings (SSSR count). The van der Waals surface area contributed by atoms with Crippen molar-refractivity contribution >= 4 is 17.4 Å². The molecule has 0 bridgehead atoms. The van der Waals surface area contributed by atoms with E-state index in [1.54, 1.807) is 24.3 Å². The summed E-state index contributed by atoms with van der Waals surface area (Å²) < 4.78 is 5.27. The third-order valence-electron chi connectivity index (χ3n) is 3.39. The van der Waals surface area contributed by atoms with Gasteiger partial charge >= 0.3 is 0 Å². The maximum Gasteiger partial charge on any atom is 0.172 e. The first-order valence-electron chi connectivity index (χ1n) is 6.60. The van der Waals surface area contributed by atoms with Gasteiger partial charge in [0.1, 0.15) is 6.10 Å². The van der Waals surface area contributed by atoms with E-state index in [2.05, 4.69) is 15.4 Å². The van der Waals surface area contributed by atoms with Crippen molar-refractivity contribution in [1.82, 2.24) is 10.5 Å². The smallest absolute Gasteiger partial charge is 0.172 e. The molecule has 1 aliphatic rings. The first-order valence-corrected chi connectivity index (χ1v) is 6.97. The van der Waals surface area contributed by atoms with Gasteiger partial charge < -0.3 is 19.8 Å². The first-order chi connectivity index (χ1) is 9.74. The van der Waals surface area contributed by atoms with Gasteiger partial charge in [0.25, 0.3) is 0 Å². The highest BCUT2D eigenvalue weighted by Gasteiger charge is 2.20. The zero-order valence-corrected chi connectivity index (χ0v) is 11.7. The van der Waals surface area contributed by atoms with Gasteiger partial charge in [-0.1, -0.05) is 28.9 Å². The SMILES string of the molecule is OC(c1cccc(Cl)c1)c1cc(N2CCNCC2)no1. The number of hydrogen-bond donors (Lipinski definition) is 2. The van der Waals surface area contributed by atoms with Crippen molar-refractivity contribution in [2.75, 3.05) is 31.1 Å². The Morgan fingerprint density at radius 2 is 2.10 bits per heavy atom. The Kier molecular flexibility index (Phi) is 3.91. The predicted octanol–water partition coefficient (Wildman–Crippen LogP) is 1.82. The Labute approximate surface area is 122 Å². The molecule has 0 amide bonds. The Morgan fingerprint density at radius 1 is 1.30 bits per heavy atom. The summed E-state index contributed by atoms with van der Waals surface area (Å²) >= 11 is 5.93. The molecule has 1 aromatic carbocycles. The van der Waals surface area contributed by atoms with Crippen molar-refractivity contribution in [3.63, 3.8) is 0 Å². The average molecular weight is 294 g/mol. The molecule has 2 heterocycles. The highest BCUT2D eigenvalue weighted by molar-refractivity contribution is 6.30. The number of aromatic nitrogens is 1. The normalized spacial score (nSPS) is 17.2. The molecule has 1 atom stereocenters. The van der Waals surface area contributed by atoms with Crippen LogP contribution in [0.15, 0.2) is 34.9 Å². The van der Waals surface area contributed by atoms with Gasteiger partial charge in [-0.05, 0) is 17.7 Å². The molecule has 2 aromatic rings. The summed E-state index contributed by atoms with van der Waals surface area (Å²) in [5.41, 5.74) is 0.695. The number of nitrogens with one attached hydrogen (secondary N) is 1. The molecule has 1 unspecified atom stereocenters. The standard InChI is InChI=1S/C14H16ClN3O2/c15-11-3-1-2-10(8-11)14(19)12-9-13(17-20-12)18-6-4-16-5-7-18/h1-3,8-9,14,16,19H,4-7H2. The monoisotopic (exact) mass is 293 g/mol. The molecule has 6 heteroatoms. The van der Waals surface area contributed by atoms with Crippen molar-refractivity contribution in [2.45, 2.75) is 6.10 Å². The maximum atomic E-state index is 10.3. The quantitative estimate of drug-likeness (QED) is 0.904. The number of halogens is 1. The summed E-state index contributed by atoms with van der Waals surface area (Å²) in [5, 5.41) is 18.2. The molecule has 1 aromatic heterocycles. The van der Waals surface area contributed by atoms with Gasteiger partial charge in [0.15, 0.2) is 11.6 Å². The second kappa shape index (κ2) is 5.83. The van der Waals surface area contributed by atoms with Crippen LogP contribution in [0.1, 0.15) is 17.4 Å². The molecular weight excluding hydrogens is 278 g/mol. The maximum absolute atomic E-state index is 10.3. The zero-order valence-electron chi connectivity index (χ0n) is 10.9. The van der Waals surface area contributed by atoms with Crippen LogP contribution in [0.2, 0.25) is 5.02 Å². The lowest BCUT2D eigenvalue weighted by atomic mass is 10.1. The molecule has 2 N–H and O–H groups in total. The fourth-order valence-electron chi connectivity index (χ4n) is 2.29. The summed E-state index contributed by atoms with van der Waals surface area (Å²) in [6, 6.07) is 8.89.